The second-order valence-electron chi connectivity index (χ2n) is 6.22. The minimum absolute atomic E-state index is 0.0770. The fourth-order valence-corrected chi connectivity index (χ4v) is 3.46. The molecule has 3 aromatic rings. The highest BCUT2D eigenvalue weighted by Gasteiger charge is 2.33. The predicted octanol–water partition coefficient (Wildman–Crippen LogP) is 1.53. The van der Waals surface area contributed by atoms with Crippen LogP contribution in [0.5, 0.6) is 0 Å². The number of carbonyl (C=O) groups excluding carboxylic acids is 1. The van der Waals surface area contributed by atoms with Crippen molar-refractivity contribution in [3.8, 4) is 0 Å². The van der Waals surface area contributed by atoms with Crippen molar-refractivity contribution in [2.45, 2.75) is 26.1 Å². The fraction of sp³-hybridized carbons (Fsp3) is 0.412. The van der Waals surface area contributed by atoms with E-state index in [4.69, 9.17) is 4.74 Å². The van der Waals surface area contributed by atoms with Gasteiger partial charge in [0.1, 0.15) is 6.61 Å². The molecule has 4 rings (SSSR count). The molecule has 0 N–H and O–H groups in total. The lowest BCUT2D eigenvalue weighted by atomic mass is 10.1. The third kappa shape index (κ3) is 2.41. The van der Waals surface area contributed by atoms with E-state index in [0.717, 1.165) is 22.6 Å². The molecule has 0 bridgehead atoms. The van der Waals surface area contributed by atoms with Crippen molar-refractivity contribution in [2.24, 2.45) is 7.05 Å². The first-order valence-corrected chi connectivity index (χ1v) is 8.25. The maximum atomic E-state index is 13.1. The molecule has 25 heavy (non-hydrogen) atoms. The zero-order valence-corrected chi connectivity index (χ0v) is 14.5. The molecular weight excluding hydrogens is 320 g/mol. The molecule has 1 aliphatic heterocycles. The van der Waals surface area contributed by atoms with Crippen LogP contribution >= 0.6 is 0 Å². The van der Waals surface area contributed by atoms with E-state index in [1.165, 1.54) is 0 Å². The smallest absolute Gasteiger partial charge is 0.275 e. The van der Waals surface area contributed by atoms with Crippen molar-refractivity contribution in [3.63, 3.8) is 0 Å². The highest BCUT2D eigenvalue weighted by molar-refractivity contribution is 6.05. The maximum Gasteiger partial charge on any atom is 0.275 e. The van der Waals surface area contributed by atoms with Gasteiger partial charge in [-0.05, 0) is 13.0 Å². The molecule has 0 saturated heterocycles. The van der Waals surface area contributed by atoms with Gasteiger partial charge in [-0.15, -0.1) is 10.2 Å². The summed E-state index contributed by atoms with van der Waals surface area (Å²) in [4.78, 5) is 15.0. The number of fused-ring (bicyclic) bond motifs is 2. The first-order valence-electron chi connectivity index (χ1n) is 8.25. The zero-order chi connectivity index (χ0) is 17.6. The summed E-state index contributed by atoms with van der Waals surface area (Å²) in [6, 6.07) is 7.60. The summed E-state index contributed by atoms with van der Waals surface area (Å²) in [6.07, 6.45) is 0. The summed E-state index contributed by atoms with van der Waals surface area (Å²) >= 11 is 0. The number of carbonyl (C=O) groups is 1. The Morgan fingerprint density at radius 1 is 1.28 bits per heavy atom. The van der Waals surface area contributed by atoms with Crippen LogP contribution in [0.4, 0.5) is 0 Å². The van der Waals surface area contributed by atoms with Gasteiger partial charge in [0.2, 0.25) is 0 Å². The van der Waals surface area contributed by atoms with Crippen molar-refractivity contribution in [3.05, 3.63) is 41.6 Å². The largest absolute Gasteiger partial charge is 0.377 e. The molecular formula is C17H20N6O2. The second kappa shape index (κ2) is 5.96. The van der Waals surface area contributed by atoms with Crippen LogP contribution in [0, 0.1) is 0 Å². The van der Waals surface area contributed by atoms with Crippen LogP contribution in [-0.2, 0) is 24.9 Å². The van der Waals surface area contributed by atoms with Crippen LogP contribution in [0.3, 0.4) is 0 Å². The van der Waals surface area contributed by atoms with Gasteiger partial charge >= 0.3 is 0 Å². The molecule has 0 spiro atoms. The summed E-state index contributed by atoms with van der Waals surface area (Å²) < 4.78 is 8.95. The Morgan fingerprint density at radius 3 is 2.88 bits per heavy atom. The van der Waals surface area contributed by atoms with Crippen molar-refractivity contribution in [2.75, 3.05) is 13.7 Å². The van der Waals surface area contributed by atoms with Crippen LogP contribution < -0.4 is 0 Å². The number of aromatic nitrogens is 5. The minimum Gasteiger partial charge on any atom is -0.377 e. The molecule has 1 aliphatic rings. The van der Waals surface area contributed by atoms with Gasteiger partial charge in [-0.3, -0.25) is 9.48 Å². The van der Waals surface area contributed by atoms with Gasteiger partial charge in [-0.2, -0.15) is 5.10 Å². The van der Waals surface area contributed by atoms with Gasteiger partial charge in [0.25, 0.3) is 5.91 Å². The Balaban J connectivity index is 1.69. The molecule has 1 aromatic carbocycles. The van der Waals surface area contributed by atoms with E-state index < -0.39 is 0 Å². The molecule has 0 saturated carbocycles. The molecule has 8 heteroatoms. The summed E-state index contributed by atoms with van der Waals surface area (Å²) in [5.41, 5.74) is 1.43. The summed E-state index contributed by atoms with van der Waals surface area (Å²) in [5, 5.41) is 13.8. The Bertz CT molecular complexity index is 944. The fourth-order valence-electron chi connectivity index (χ4n) is 3.46. The molecule has 8 nitrogen and oxygen atoms in total. The van der Waals surface area contributed by atoms with E-state index >= 15 is 0 Å². The molecule has 3 heterocycles. The molecule has 0 unspecified atom stereocenters. The normalized spacial score (nSPS) is 17.1. The highest BCUT2D eigenvalue weighted by atomic mass is 16.5. The van der Waals surface area contributed by atoms with Gasteiger partial charge in [0, 0.05) is 32.6 Å². The van der Waals surface area contributed by atoms with Gasteiger partial charge in [0.05, 0.1) is 11.6 Å². The van der Waals surface area contributed by atoms with E-state index in [-0.39, 0.29) is 11.9 Å². The Hall–Kier alpha value is -2.74. The highest BCUT2D eigenvalue weighted by Crippen LogP contribution is 2.28. The number of nitrogens with zero attached hydrogens (tertiary/aromatic N) is 6. The molecule has 0 fully saturated rings. The molecule has 1 atom stereocenters. The number of methoxy groups -OCH3 is 1. The van der Waals surface area contributed by atoms with E-state index in [2.05, 4.69) is 15.3 Å². The molecule has 2 aromatic heterocycles. The third-order valence-corrected chi connectivity index (χ3v) is 4.76. The number of aryl methyl sites for hydroxylation is 1. The first kappa shape index (κ1) is 15.8. The second-order valence-corrected chi connectivity index (χ2v) is 6.22. The number of ether oxygens (including phenoxy) is 1. The Kier molecular flexibility index (Phi) is 3.76. The molecule has 1 amide bonds. The van der Waals surface area contributed by atoms with Crippen molar-refractivity contribution in [1.29, 1.82) is 0 Å². The predicted molar refractivity (Wildman–Crippen MR) is 90.9 cm³/mol. The van der Waals surface area contributed by atoms with Crippen LogP contribution in [0.25, 0.3) is 10.9 Å². The number of rotatable bonds is 3. The van der Waals surface area contributed by atoms with Crippen molar-refractivity contribution in [1.82, 2.24) is 29.4 Å². The summed E-state index contributed by atoms with van der Waals surface area (Å²) in [6.45, 7) is 3.63. The first-order chi connectivity index (χ1) is 12.1. The number of benzene rings is 1. The topological polar surface area (TPSA) is 78.1 Å². The minimum atomic E-state index is -0.167. The summed E-state index contributed by atoms with van der Waals surface area (Å²) in [7, 11) is 3.49. The van der Waals surface area contributed by atoms with E-state index in [9.17, 15) is 4.79 Å². The summed E-state index contributed by atoms with van der Waals surface area (Å²) in [5.74, 6) is 1.50. The number of hydrogen-bond donors (Lipinski definition) is 0. The van der Waals surface area contributed by atoms with Gasteiger partial charge in [-0.25, -0.2) is 0 Å². The van der Waals surface area contributed by atoms with E-state index in [0.29, 0.717) is 25.4 Å². The zero-order valence-electron chi connectivity index (χ0n) is 14.5. The van der Waals surface area contributed by atoms with Crippen molar-refractivity contribution >= 4 is 16.8 Å². The van der Waals surface area contributed by atoms with E-state index in [1.54, 1.807) is 11.8 Å². The third-order valence-electron chi connectivity index (χ3n) is 4.76. The standard InChI is InChI=1S/C17H20N6O2/c1-11-16-19-18-14(10-25-3)23(16)9-8-22(11)17(24)15-12-6-4-5-7-13(12)21(2)20-15/h4-7,11H,8-10H2,1-3H3/t11-/m1/s1. The average molecular weight is 340 g/mol. The van der Waals surface area contributed by atoms with Gasteiger partial charge in [-0.1, -0.05) is 18.2 Å². The monoisotopic (exact) mass is 340 g/mol. The quantitative estimate of drug-likeness (QED) is 0.722. The SMILES string of the molecule is COCc1nnc2n1CCN(C(=O)c1nn(C)c3ccccc13)[C@@H]2C. The van der Waals surface area contributed by atoms with Gasteiger partial charge < -0.3 is 14.2 Å². The number of para-hydroxylation sites is 1. The van der Waals surface area contributed by atoms with Crippen LogP contribution in [0.1, 0.15) is 35.1 Å². The lowest BCUT2D eigenvalue weighted by Crippen LogP contribution is -2.41. The Labute approximate surface area is 145 Å². The molecule has 130 valence electrons. The van der Waals surface area contributed by atoms with Crippen LogP contribution in [0.2, 0.25) is 0 Å². The molecule has 0 radical (unpaired) electrons. The maximum absolute atomic E-state index is 13.1. The number of amides is 1. The lowest BCUT2D eigenvalue weighted by Gasteiger charge is -2.33. The lowest BCUT2D eigenvalue weighted by molar-refractivity contribution is 0.0627. The van der Waals surface area contributed by atoms with E-state index in [1.807, 2.05) is 47.7 Å². The number of hydrogen-bond acceptors (Lipinski definition) is 5. The van der Waals surface area contributed by atoms with Crippen molar-refractivity contribution < 1.29 is 9.53 Å². The Morgan fingerprint density at radius 2 is 2.08 bits per heavy atom. The van der Waals surface area contributed by atoms with Gasteiger partial charge in [0.15, 0.2) is 17.3 Å². The van der Waals surface area contributed by atoms with Crippen LogP contribution in [-0.4, -0.2) is 49.0 Å². The van der Waals surface area contributed by atoms with Crippen LogP contribution in [0.15, 0.2) is 24.3 Å². The average Bonchev–Trinajstić information content (AvgIpc) is 3.18. The molecule has 0 aliphatic carbocycles.